The molecule has 50 valence electrons. The molecule has 0 unspecified atom stereocenters. The summed E-state index contributed by atoms with van der Waals surface area (Å²) in [4.78, 5) is 22.1. The average Bonchev–Trinajstić information content (AvgIpc) is 1.61. The van der Waals surface area contributed by atoms with Gasteiger partial charge in [-0.05, 0) is 0 Å². The molecule has 2 amide bonds. The molecule has 0 fully saturated rings. The quantitative estimate of drug-likeness (QED) is 0.297. The van der Waals surface area contributed by atoms with Crippen LogP contribution in [0.15, 0.2) is 0 Å². The maximum absolute atomic E-state index is 9.59. The van der Waals surface area contributed by atoms with Gasteiger partial charge in [0.2, 0.25) is 0 Å². The zero-order chi connectivity index (χ0) is 6.57. The van der Waals surface area contributed by atoms with E-state index in [2.05, 4.69) is 10.7 Å². The first-order valence-electron chi connectivity index (χ1n) is 1.49. The van der Waals surface area contributed by atoms with Crippen molar-refractivity contribution in [2.75, 3.05) is 0 Å². The Morgan fingerprint density at radius 3 is 2.44 bits per heavy atom. The van der Waals surface area contributed by atoms with Gasteiger partial charge in [0.05, 0.1) is 0 Å². The number of amides is 2. The van der Waals surface area contributed by atoms with Gasteiger partial charge in [0.15, 0.2) is 0 Å². The Kier molecular flexibility index (Phi) is 7.50. The number of hydrogen-bond donors (Lipinski definition) is 2. The second-order valence-electron chi connectivity index (χ2n) is 0.781. The molecule has 0 spiro atoms. The first-order valence-corrected chi connectivity index (χ1v) is 1.49. The molecule has 0 aromatic carbocycles. The predicted molar refractivity (Wildman–Crippen MR) is 28.8 cm³/mol. The standard InChI is InChI=1S/CH3N3O4.Ca.2H/c2-1(5)3-8-4(6)7;;;/h(H3,2,3,5);;;/q;+2;2*-1. The smallest absolute Gasteiger partial charge is 1.00 e. The minimum absolute atomic E-state index is 0. The molecule has 0 aliphatic carbocycles. The molecule has 0 radical (unpaired) electrons. The van der Waals surface area contributed by atoms with Crippen molar-refractivity contribution in [1.29, 1.82) is 0 Å². The Morgan fingerprint density at radius 1 is 1.89 bits per heavy atom. The van der Waals surface area contributed by atoms with Crippen LogP contribution in [0.25, 0.3) is 0 Å². The first kappa shape index (κ1) is 11.5. The van der Waals surface area contributed by atoms with Crippen molar-refractivity contribution in [3.8, 4) is 0 Å². The molecule has 0 heterocycles. The molecule has 0 aliphatic rings. The second kappa shape index (κ2) is 5.86. The average molecular weight is 163 g/mol. The van der Waals surface area contributed by atoms with Crippen LogP contribution in [0, 0.1) is 10.1 Å². The molecule has 0 aliphatic heterocycles. The fraction of sp³-hybridized carbons (Fsp3) is 0. The summed E-state index contributed by atoms with van der Waals surface area (Å²) in [7, 11) is 0. The number of nitrogens with two attached hydrogens (primary N) is 1. The van der Waals surface area contributed by atoms with Crippen molar-refractivity contribution < 1.29 is 17.7 Å². The molecule has 0 aromatic heterocycles. The molecule has 0 atom stereocenters. The summed E-state index contributed by atoms with van der Waals surface area (Å²) in [6.45, 7) is 0. The number of carbonyl (C=O) groups excluding carboxylic acids is 1. The van der Waals surface area contributed by atoms with Gasteiger partial charge >= 0.3 is 48.9 Å². The van der Waals surface area contributed by atoms with Crippen LogP contribution in [0.5, 0.6) is 0 Å². The van der Waals surface area contributed by atoms with Crippen LogP contribution in [0.1, 0.15) is 2.85 Å². The number of hydrogen-bond acceptors (Lipinski definition) is 4. The molecule has 0 rings (SSSR count). The van der Waals surface area contributed by atoms with E-state index in [1.54, 1.807) is 0 Å². The molecule has 0 bridgehead atoms. The summed E-state index contributed by atoms with van der Waals surface area (Å²) >= 11 is 0. The minimum Gasteiger partial charge on any atom is -1.00 e. The minimum atomic E-state index is -1.19. The molecule has 0 saturated carbocycles. The Hall–Kier alpha value is -0.270. The summed E-state index contributed by atoms with van der Waals surface area (Å²) in [5.41, 5.74) is 5.65. The van der Waals surface area contributed by atoms with Crippen LogP contribution in [0.3, 0.4) is 0 Å². The molecule has 9 heavy (non-hydrogen) atoms. The normalized spacial score (nSPS) is 6.67. The van der Waals surface area contributed by atoms with Crippen molar-refractivity contribution >= 4 is 43.8 Å². The zero-order valence-electron chi connectivity index (χ0n) is 6.36. The molecule has 3 N–H and O–H groups in total. The largest absolute Gasteiger partial charge is 2.00 e. The molecule has 7 nitrogen and oxygen atoms in total. The molecule has 0 aromatic rings. The van der Waals surface area contributed by atoms with Crippen molar-refractivity contribution in [1.82, 2.24) is 5.48 Å². The van der Waals surface area contributed by atoms with Gasteiger partial charge in [-0.1, -0.05) is 0 Å². The number of carbonyl (C=O) groups is 1. The number of primary amides is 1. The van der Waals surface area contributed by atoms with Crippen molar-refractivity contribution in [3.63, 3.8) is 0 Å². The maximum Gasteiger partial charge on any atom is 2.00 e. The fourth-order valence-electron chi connectivity index (χ4n) is 0.0823. The van der Waals surface area contributed by atoms with E-state index < -0.39 is 11.1 Å². The monoisotopic (exact) mass is 163 g/mol. The molecule has 8 heteroatoms. The number of urea groups is 1. The Balaban J connectivity index is -0.0000000817. The number of nitrogens with one attached hydrogen (secondary N) is 1. The van der Waals surface area contributed by atoms with Crippen LogP contribution in [-0.2, 0) is 4.94 Å². The summed E-state index contributed by atoms with van der Waals surface area (Å²) < 4.78 is 0. The number of rotatable bonds is 2. The van der Waals surface area contributed by atoms with E-state index in [0.717, 1.165) is 0 Å². The van der Waals surface area contributed by atoms with Crippen LogP contribution >= 0.6 is 0 Å². The van der Waals surface area contributed by atoms with Gasteiger partial charge in [-0.25, -0.2) is 4.79 Å². The third-order valence-corrected chi connectivity index (χ3v) is 0.221. The Labute approximate surface area is 82.6 Å². The van der Waals surface area contributed by atoms with Crippen molar-refractivity contribution in [3.05, 3.63) is 10.1 Å². The van der Waals surface area contributed by atoms with E-state index >= 15 is 0 Å². The van der Waals surface area contributed by atoms with Crippen LogP contribution in [0.2, 0.25) is 0 Å². The predicted octanol–water partition coefficient (Wildman–Crippen LogP) is -1.38. The third kappa shape index (κ3) is 11.3. The van der Waals surface area contributed by atoms with E-state index in [1.165, 1.54) is 5.48 Å². The van der Waals surface area contributed by atoms with Crippen molar-refractivity contribution in [2.45, 2.75) is 0 Å². The number of hydroxylamine groups is 1. The summed E-state index contributed by atoms with van der Waals surface area (Å²) in [5, 5.41) is 8.03. The molecular formula is CH5CaN3O4. The topological polar surface area (TPSA) is 107 Å². The van der Waals surface area contributed by atoms with E-state index in [-0.39, 0.29) is 40.6 Å². The summed E-state index contributed by atoms with van der Waals surface area (Å²) in [5.74, 6) is 0. The summed E-state index contributed by atoms with van der Waals surface area (Å²) in [6.07, 6.45) is 0. The third-order valence-electron chi connectivity index (χ3n) is 0.221. The van der Waals surface area contributed by atoms with Gasteiger partial charge in [0.25, 0.3) is 0 Å². The van der Waals surface area contributed by atoms with Gasteiger partial charge in [-0.3, -0.25) is 0 Å². The Morgan fingerprint density at radius 2 is 2.33 bits per heavy atom. The Bertz CT molecular complexity index is 108. The van der Waals surface area contributed by atoms with E-state index in [9.17, 15) is 14.9 Å². The maximum atomic E-state index is 9.59. The van der Waals surface area contributed by atoms with Crippen LogP contribution < -0.4 is 11.2 Å². The van der Waals surface area contributed by atoms with Crippen LogP contribution in [0.4, 0.5) is 4.79 Å². The van der Waals surface area contributed by atoms with Gasteiger partial charge in [-0.15, -0.1) is 10.1 Å². The molecular weight excluding hydrogens is 158 g/mol. The summed E-state index contributed by atoms with van der Waals surface area (Å²) in [6, 6.07) is -1.11. The zero-order valence-corrected chi connectivity index (χ0v) is 6.57. The second-order valence-corrected chi connectivity index (χ2v) is 0.781. The van der Waals surface area contributed by atoms with E-state index in [1.807, 2.05) is 0 Å². The fourth-order valence-corrected chi connectivity index (χ4v) is 0.0823. The van der Waals surface area contributed by atoms with Gasteiger partial charge in [0, 0.05) is 0 Å². The van der Waals surface area contributed by atoms with Crippen molar-refractivity contribution in [2.24, 2.45) is 5.73 Å². The van der Waals surface area contributed by atoms with Gasteiger partial charge in [0.1, 0.15) is 0 Å². The van der Waals surface area contributed by atoms with Crippen LogP contribution in [-0.4, -0.2) is 48.9 Å². The van der Waals surface area contributed by atoms with Gasteiger partial charge < -0.3 is 8.59 Å². The molecule has 0 saturated heterocycles. The van der Waals surface area contributed by atoms with Gasteiger partial charge in [-0.2, -0.15) is 10.4 Å². The van der Waals surface area contributed by atoms with E-state index in [0.29, 0.717) is 0 Å². The van der Waals surface area contributed by atoms with E-state index in [4.69, 9.17) is 0 Å². The number of nitrogens with zero attached hydrogens (tertiary/aromatic N) is 1. The SMILES string of the molecule is NC(=O)NO[N+](=O)[O-].[Ca+2].[H-].[H-]. The first-order chi connectivity index (χ1) is 3.63.